The molecule has 6 heteroatoms. The molecule has 1 fully saturated rings. The molecule has 2 N–H and O–H groups in total. The zero-order valence-electron chi connectivity index (χ0n) is 18.3. The summed E-state index contributed by atoms with van der Waals surface area (Å²) >= 11 is 1.66. The molecule has 0 saturated carbocycles. The third-order valence-electron chi connectivity index (χ3n) is 6.31. The van der Waals surface area contributed by atoms with Crippen LogP contribution in [0.25, 0.3) is 32.2 Å². The van der Waals surface area contributed by atoms with Gasteiger partial charge in [0.15, 0.2) is 0 Å². The summed E-state index contributed by atoms with van der Waals surface area (Å²) in [6.45, 7) is 4.55. The highest BCUT2D eigenvalue weighted by atomic mass is 32.1. The van der Waals surface area contributed by atoms with E-state index in [1.807, 2.05) is 41.3 Å². The van der Waals surface area contributed by atoms with E-state index in [1.165, 1.54) is 0 Å². The number of para-hydroxylation sites is 1. The average Bonchev–Trinajstić information content (AvgIpc) is 3.47. The first-order valence-corrected chi connectivity index (χ1v) is 12.0. The number of aromatic nitrogens is 2. The number of nitrogens with zero attached hydrogens (tertiary/aromatic N) is 2. The van der Waals surface area contributed by atoms with E-state index in [4.69, 9.17) is 4.98 Å². The van der Waals surface area contributed by atoms with Crippen LogP contribution in [0.2, 0.25) is 0 Å². The molecule has 5 nitrogen and oxygen atoms in total. The number of imidazole rings is 1. The van der Waals surface area contributed by atoms with Gasteiger partial charge in [-0.05, 0) is 74.6 Å². The molecule has 2 aromatic carbocycles. The number of likely N-dealkylation sites (tertiary alicyclic amines) is 1. The zero-order valence-corrected chi connectivity index (χ0v) is 19.2. The molecule has 32 heavy (non-hydrogen) atoms. The van der Waals surface area contributed by atoms with Crippen molar-refractivity contribution >= 4 is 28.3 Å². The van der Waals surface area contributed by atoms with Crippen LogP contribution in [0.3, 0.4) is 0 Å². The lowest BCUT2D eigenvalue weighted by atomic mass is 9.96. The van der Waals surface area contributed by atoms with Crippen LogP contribution in [0.5, 0.6) is 0 Å². The van der Waals surface area contributed by atoms with E-state index in [-0.39, 0.29) is 11.9 Å². The molecule has 4 aromatic rings. The number of nitrogens with one attached hydrogen (secondary N) is 1. The molecule has 2 aromatic heterocycles. The SMILES string of the molecule is Cc1cccc2[nH]c(-c3ccc(-c4cccc(C(=O)N5CCCCC5C(C)O)c4)s3)nc12. The Labute approximate surface area is 191 Å². The maximum atomic E-state index is 13.3. The van der Waals surface area contributed by atoms with Crippen molar-refractivity contribution in [2.45, 2.75) is 45.3 Å². The number of amides is 1. The Balaban J connectivity index is 1.43. The summed E-state index contributed by atoms with van der Waals surface area (Å²) < 4.78 is 0. The van der Waals surface area contributed by atoms with E-state index in [0.29, 0.717) is 12.1 Å². The van der Waals surface area contributed by atoms with Gasteiger partial charge in [-0.3, -0.25) is 4.79 Å². The number of hydrogen-bond acceptors (Lipinski definition) is 4. The van der Waals surface area contributed by atoms with Gasteiger partial charge in [0.05, 0.1) is 28.1 Å². The average molecular weight is 446 g/mol. The first-order valence-electron chi connectivity index (χ1n) is 11.2. The van der Waals surface area contributed by atoms with Crippen LogP contribution >= 0.6 is 11.3 Å². The molecule has 164 valence electrons. The number of benzene rings is 2. The van der Waals surface area contributed by atoms with Crippen molar-refractivity contribution in [3.8, 4) is 21.1 Å². The van der Waals surface area contributed by atoms with Crippen molar-refractivity contribution in [1.29, 1.82) is 0 Å². The smallest absolute Gasteiger partial charge is 0.254 e. The van der Waals surface area contributed by atoms with Crippen LogP contribution in [-0.2, 0) is 0 Å². The third-order valence-corrected chi connectivity index (χ3v) is 7.46. The number of H-pyrrole nitrogens is 1. The number of hydrogen-bond donors (Lipinski definition) is 2. The number of aliphatic hydroxyl groups is 1. The van der Waals surface area contributed by atoms with Gasteiger partial charge in [-0.15, -0.1) is 11.3 Å². The quantitative estimate of drug-likeness (QED) is 0.427. The highest BCUT2D eigenvalue weighted by Crippen LogP contribution is 2.35. The molecule has 0 radical (unpaired) electrons. The Bertz CT molecular complexity index is 1270. The Morgan fingerprint density at radius 2 is 1.97 bits per heavy atom. The van der Waals surface area contributed by atoms with Crippen LogP contribution in [0, 0.1) is 6.92 Å². The standard InChI is InChI=1S/C26H27N3O2S/c1-16-7-5-10-20-24(16)28-25(27-20)23-13-12-22(32-23)18-8-6-9-19(15-18)26(31)29-14-4-3-11-21(29)17(2)30/h5-10,12-13,15,17,21,30H,3-4,11,14H2,1-2H3,(H,27,28). The van der Waals surface area contributed by atoms with Crippen molar-refractivity contribution in [3.05, 3.63) is 65.7 Å². The first-order chi connectivity index (χ1) is 15.5. The summed E-state index contributed by atoms with van der Waals surface area (Å²) in [5.74, 6) is 0.868. The minimum atomic E-state index is -0.519. The highest BCUT2D eigenvalue weighted by Gasteiger charge is 2.30. The molecule has 1 aliphatic heterocycles. The van der Waals surface area contributed by atoms with Gasteiger partial charge in [0.1, 0.15) is 5.82 Å². The van der Waals surface area contributed by atoms with E-state index in [9.17, 15) is 9.90 Å². The number of thiophene rings is 1. The summed E-state index contributed by atoms with van der Waals surface area (Å²) in [4.78, 5) is 25.5. The molecule has 3 heterocycles. The fourth-order valence-corrected chi connectivity index (χ4v) is 5.54. The molecule has 1 amide bonds. The van der Waals surface area contributed by atoms with Gasteiger partial charge in [-0.25, -0.2) is 4.98 Å². The van der Waals surface area contributed by atoms with Gasteiger partial charge in [0.2, 0.25) is 0 Å². The van der Waals surface area contributed by atoms with Gasteiger partial charge >= 0.3 is 0 Å². The minimum Gasteiger partial charge on any atom is -0.391 e. The lowest BCUT2D eigenvalue weighted by molar-refractivity contribution is 0.0281. The van der Waals surface area contributed by atoms with Crippen molar-refractivity contribution < 1.29 is 9.90 Å². The monoisotopic (exact) mass is 445 g/mol. The van der Waals surface area contributed by atoms with E-state index >= 15 is 0 Å². The van der Waals surface area contributed by atoms with Crippen molar-refractivity contribution in [2.24, 2.45) is 0 Å². The number of aromatic amines is 1. The topological polar surface area (TPSA) is 69.2 Å². The van der Waals surface area contributed by atoms with Crippen LogP contribution in [0.15, 0.2) is 54.6 Å². The van der Waals surface area contributed by atoms with E-state index in [0.717, 1.165) is 57.0 Å². The second-order valence-electron chi connectivity index (χ2n) is 8.60. The van der Waals surface area contributed by atoms with Crippen molar-refractivity contribution in [3.63, 3.8) is 0 Å². The maximum Gasteiger partial charge on any atom is 0.254 e. The maximum absolute atomic E-state index is 13.3. The van der Waals surface area contributed by atoms with Crippen LogP contribution in [-0.4, -0.2) is 44.6 Å². The van der Waals surface area contributed by atoms with Crippen LogP contribution in [0.1, 0.15) is 42.1 Å². The molecule has 0 spiro atoms. The number of rotatable bonds is 4. The summed E-state index contributed by atoms with van der Waals surface area (Å²) in [5, 5.41) is 10.2. The predicted octanol–water partition coefficient (Wildman–Crippen LogP) is 5.64. The number of fused-ring (bicyclic) bond motifs is 1. The summed E-state index contributed by atoms with van der Waals surface area (Å²) in [7, 11) is 0. The van der Waals surface area contributed by atoms with Gasteiger partial charge in [-0.2, -0.15) is 0 Å². The van der Waals surface area contributed by atoms with Crippen LogP contribution < -0.4 is 0 Å². The number of piperidine rings is 1. The number of aliphatic hydroxyl groups excluding tert-OH is 1. The fraction of sp³-hybridized carbons (Fsp3) is 0.308. The number of carbonyl (C=O) groups excluding carboxylic acids is 1. The normalized spacial score (nSPS) is 17.6. The Morgan fingerprint density at radius 1 is 1.16 bits per heavy atom. The number of carbonyl (C=O) groups is 1. The first kappa shape index (κ1) is 20.9. The van der Waals surface area contributed by atoms with Crippen molar-refractivity contribution in [2.75, 3.05) is 6.54 Å². The Hall–Kier alpha value is -2.96. The largest absolute Gasteiger partial charge is 0.391 e. The van der Waals surface area contributed by atoms with Gasteiger partial charge in [0.25, 0.3) is 5.91 Å². The van der Waals surface area contributed by atoms with E-state index in [1.54, 1.807) is 18.3 Å². The van der Waals surface area contributed by atoms with Gasteiger partial charge in [-0.1, -0.05) is 24.3 Å². The van der Waals surface area contributed by atoms with E-state index < -0.39 is 6.10 Å². The molecule has 1 saturated heterocycles. The summed E-state index contributed by atoms with van der Waals surface area (Å²) in [6, 6.07) is 18.0. The molecule has 1 aliphatic rings. The van der Waals surface area contributed by atoms with E-state index in [2.05, 4.69) is 30.1 Å². The Morgan fingerprint density at radius 3 is 2.78 bits per heavy atom. The summed E-state index contributed by atoms with van der Waals surface area (Å²) in [6.07, 6.45) is 2.38. The fourth-order valence-electron chi connectivity index (χ4n) is 4.59. The van der Waals surface area contributed by atoms with Crippen LogP contribution in [0.4, 0.5) is 0 Å². The summed E-state index contributed by atoms with van der Waals surface area (Å²) in [5.41, 5.74) is 4.88. The second kappa shape index (κ2) is 8.52. The molecule has 2 unspecified atom stereocenters. The molecule has 0 aliphatic carbocycles. The second-order valence-corrected chi connectivity index (χ2v) is 9.69. The molecule has 0 bridgehead atoms. The predicted molar refractivity (Wildman–Crippen MR) is 130 cm³/mol. The third kappa shape index (κ3) is 3.85. The molecule has 5 rings (SSSR count). The molecular formula is C26H27N3O2S. The lowest BCUT2D eigenvalue weighted by Crippen LogP contribution is -2.48. The molecule has 2 atom stereocenters. The number of aryl methyl sites for hydroxylation is 1. The lowest BCUT2D eigenvalue weighted by Gasteiger charge is -2.37. The van der Waals surface area contributed by atoms with Gasteiger partial charge in [0, 0.05) is 17.0 Å². The highest BCUT2D eigenvalue weighted by molar-refractivity contribution is 7.18. The van der Waals surface area contributed by atoms with Crippen molar-refractivity contribution in [1.82, 2.24) is 14.9 Å². The Kier molecular flexibility index (Phi) is 5.57. The van der Waals surface area contributed by atoms with Gasteiger partial charge < -0.3 is 15.0 Å². The zero-order chi connectivity index (χ0) is 22.2. The minimum absolute atomic E-state index is 0.00184. The molecular weight excluding hydrogens is 418 g/mol.